The molecule has 10 heteroatoms. The minimum absolute atomic E-state index is 0.0837. The molecule has 148 valence electrons. The highest BCUT2D eigenvalue weighted by Gasteiger charge is 2.11. The predicted molar refractivity (Wildman–Crippen MR) is 113 cm³/mol. The Morgan fingerprint density at radius 2 is 2.10 bits per heavy atom. The summed E-state index contributed by atoms with van der Waals surface area (Å²) < 4.78 is 1.63. The third-order valence-electron chi connectivity index (χ3n) is 4.13. The van der Waals surface area contributed by atoms with Gasteiger partial charge >= 0.3 is 0 Å². The fourth-order valence-corrected chi connectivity index (χ4v) is 3.96. The van der Waals surface area contributed by atoms with Crippen LogP contribution in [0.15, 0.2) is 42.0 Å². The summed E-state index contributed by atoms with van der Waals surface area (Å²) in [4.78, 5) is 25.1. The number of nitrogens with zero attached hydrogens (tertiary/aromatic N) is 5. The van der Waals surface area contributed by atoms with Crippen LogP contribution in [0.2, 0.25) is 5.02 Å². The van der Waals surface area contributed by atoms with Gasteiger partial charge in [0.2, 0.25) is 5.91 Å². The van der Waals surface area contributed by atoms with E-state index < -0.39 is 0 Å². The smallest absolute Gasteiger partial charge is 0.254 e. The summed E-state index contributed by atoms with van der Waals surface area (Å²) >= 11 is 7.69. The van der Waals surface area contributed by atoms with E-state index in [4.69, 9.17) is 11.6 Å². The number of anilines is 1. The van der Waals surface area contributed by atoms with Gasteiger partial charge in [-0.2, -0.15) is 14.6 Å². The van der Waals surface area contributed by atoms with Crippen molar-refractivity contribution >= 4 is 40.4 Å². The molecule has 8 nitrogen and oxygen atoms in total. The van der Waals surface area contributed by atoms with E-state index in [1.54, 1.807) is 4.52 Å². The summed E-state index contributed by atoms with van der Waals surface area (Å²) in [5, 5.41) is 13.6. The molecule has 0 saturated heterocycles. The highest BCUT2D eigenvalue weighted by atomic mass is 35.5. The first-order valence-corrected chi connectivity index (χ1v) is 10.2. The summed E-state index contributed by atoms with van der Waals surface area (Å²) in [6.45, 7) is 2.91. The van der Waals surface area contributed by atoms with Crippen LogP contribution in [0, 0.1) is 6.92 Å². The zero-order chi connectivity index (χ0) is 20.2. The molecular weight excluding hydrogens is 410 g/mol. The second kappa shape index (κ2) is 8.54. The van der Waals surface area contributed by atoms with Gasteiger partial charge in [-0.1, -0.05) is 29.8 Å². The molecule has 0 aliphatic heterocycles. The van der Waals surface area contributed by atoms with Gasteiger partial charge in [-0.05, 0) is 13.0 Å². The molecule has 0 aliphatic rings. The van der Waals surface area contributed by atoms with E-state index in [2.05, 4.69) is 30.7 Å². The van der Waals surface area contributed by atoms with Crippen molar-refractivity contribution in [2.45, 2.75) is 13.3 Å². The third-order valence-corrected chi connectivity index (χ3v) is 5.38. The van der Waals surface area contributed by atoms with Crippen molar-refractivity contribution in [3.63, 3.8) is 0 Å². The standard InChI is InChI=1S/C19H18ClN7OS/c1-12-8-16(27-19(25-12)23-11-24-27)21-6-7-22-17(28)9-13-10-29-18(26-13)14-4-2-3-5-15(14)20/h2-5,8,10-11,21H,6-7,9H2,1H3,(H,22,28). The summed E-state index contributed by atoms with van der Waals surface area (Å²) in [6.07, 6.45) is 1.68. The normalized spacial score (nSPS) is 11.0. The van der Waals surface area contributed by atoms with Crippen LogP contribution in [0.5, 0.6) is 0 Å². The molecule has 3 heterocycles. The Kier molecular flexibility index (Phi) is 5.68. The van der Waals surface area contributed by atoms with Gasteiger partial charge in [0.05, 0.1) is 17.1 Å². The van der Waals surface area contributed by atoms with Crippen LogP contribution in [0.4, 0.5) is 5.82 Å². The number of carbonyl (C=O) groups is 1. The van der Waals surface area contributed by atoms with E-state index in [-0.39, 0.29) is 12.3 Å². The highest BCUT2D eigenvalue weighted by Crippen LogP contribution is 2.30. The van der Waals surface area contributed by atoms with E-state index in [9.17, 15) is 4.79 Å². The molecule has 2 N–H and O–H groups in total. The molecule has 4 aromatic rings. The Morgan fingerprint density at radius 1 is 1.24 bits per heavy atom. The molecule has 3 aromatic heterocycles. The van der Waals surface area contributed by atoms with Crippen LogP contribution >= 0.6 is 22.9 Å². The summed E-state index contributed by atoms with van der Waals surface area (Å²) in [5.74, 6) is 1.23. The summed E-state index contributed by atoms with van der Waals surface area (Å²) in [6, 6.07) is 9.43. The Bertz CT molecular complexity index is 1160. The maximum absolute atomic E-state index is 12.2. The number of halogens is 1. The van der Waals surface area contributed by atoms with Crippen LogP contribution in [-0.4, -0.2) is 43.6 Å². The van der Waals surface area contributed by atoms with Gasteiger partial charge in [0.1, 0.15) is 17.2 Å². The number of rotatable bonds is 7. The number of aromatic nitrogens is 5. The second-order valence-corrected chi connectivity index (χ2v) is 7.60. The Labute approximate surface area is 176 Å². The highest BCUT2D eigenvalue weighted by molar-refractivity contribution is 7.13. The zero-order valence-electron chi connectivity index (χ0n) is 15.6. The van der Waals surface area contributed by atoms with Crippen LogP contribution in [0.3, 0.4) is 0 Å². The number of aryl methyl sites for hydroxylation is 1. The Balaban J connectivity index is 1.28. The number of nitrogens with one attached hydrogen (secondary N) is 2. The molecule has 0 saturated carbocycles. The molecule has 0 aliphatic carbocycles. The molecule has 4 rings (SSSR count). The number of benzene rings is 1. The van der Waals surface area contributed by atoms with Crippen molar-refractivity contribution in [3.8, 4) is 10.6 Å². The van der Waals surface area contributed by atoms with Crippen molar-refractivity contribution in [2.75, 3.05) is 18.4 Å². The largest absolute Gasteiger partial charge is 0.368 e. The quantitative estimate of drug-likeness (QED) is 0.440. The Hall–Kier alpha value is -3.04. The van der Waals surface area contributed by atoms with Gasteiger partial charge in [-0.3, -0.25) is 4.79 Å². The van der Waals surface area contributed by atoms with Crippen molar-refractivity contribution < 1.29 is 4.79 Å². The number of thiazole rings is 1. The van der Waals surface area contributed by atoms with Gasteiger partial charge in [0, 0.05) is 35.8 Å². The van der Waals surface area contributed by atoms with Crippen molar-refractivity contribution in [3.05, 3.63) is 58.4 Å². The topological polar surface area (TPSA) is 97.1 Å². The molecule has 0 spiro atoms. The fraction of sp³-hybridized carbons (Fsp3) is 0.211. The third kappa shape index (κ3) is 4.52. The van der Waals surface area contributed by atoms with E-state index in [0.717, 1.165) is 27.8 Å². The van der Waals surface area contributed by atoms with E-state index in [0.29, 0.717) is 23.9 Å². The van der Waals surface area contributed by atoms with Crippen LogP contribution in [0.25, 0.3) is 16.3 Å². The number of carbonyl (C=O) groups excluding carboxylic acids is 1. The van der Waals surface area contributed by atoms with E-state index >= 15 is 0 Å². The first-order chi connectivity index (χ1) is 14.1. The molecule has 1 amide bonds. The molecular formula is C19H18ClN7OS. The maximum atomic E-state index is 12.2. The lowest BCUT2D eigenvalue weighted by Crippen LogP contribution is -2.30. The first-order valence-electron chi connectivity index (χ1n) is 8.97. The molecule has 0 radical (unpaired) electrons. The lowest BCUT2D eigenvalue weighted by atomic mass is 10.2. The van der Waals surface area contributed by atoms with E-state index in [1.165, 1.54) is 17.7 Å². The van der Waals surface area contributed by atoms with Crippen molar-refractivity contribution in [2.24, 2.45) is 0 Å². The van der Waals surface area contributed by atoms with Crippen molar-refractivity contribution in [1.29, 1.82) is 0 Å². The second-order valence-electron chi connectivity index (χ2n) is 6.33. The average Bonchev–Trinajstić information content (AvgIpc) is 3.35. The SMILES string of the molecule is Cc1cc(NCCNC(=O)Cc2csc(-c3ccccc3Cl)n2)n2ncnc2n1. The first kappa shape index (κ1) is 19.3. The van der Waals surface area contributed by atoms with Gasteiger partial charge in [0.15, 0.2) is 0 Å². The Morgan fingerprint density at radius 3 is 2.97 bits per heavy atom. The summed E-state index contributed by atoms with van der Waals surface area (Å²) in [5.41, 5.74) is 2.45. The van der Waals surface area contributed by atoms with Gasteiger partial charge in [0.25, 0.3) is 5.78 Å². The lowest BCUT2D eigenvalue weighted by Gasteiger charge is -2.09. The molecule has 0 bridgehead atoms. The van der Waals surface area contributed by atoms with Gasteiger partial charge in [-0.25, -0.2) is 9.97 Å². The van der Waals surface area contributed by atoms with Crippen LogP contribution < -0.4 is 10.6 Å². The van der Waals surface area contributed by atoms with Crippen molar-refractivity contribution in [1.82, 2.24) is 29.9 Å². The summed E-state index contributed by atoms with van der Waals surface area (Å²) in [7, 11) is 0. The van der Waals surface area contributed by atoms with Crippen LogP contribution in [-0.2, 0) is 11.2 Å². The monoisotopic (exact) mass is 427 g/mol. The van der Waals surface area contributed by atoms with Gasteiger partial charge in [-0.15, -0.1) is 11.3 Å². The molecule has 1 aromatic carbocycles. The predicted octanol–water partition coefficient (Wildman–Crippen LogP) is 2.98. The molecule has 29 heavy (non-hydrogen) atoms. The average molecular weight is 428 g/mol. The fourth-order valence-electron chi connectivity index (χ4n) is 2.82. The molecule has 0 fully saturated rings. The number of hydrogen-bond donors (Lipinski definition) is 2. The van der Waals surface area contributed by atoms with Crippen LogP contribution in [0.1, 0.15) is 11.4 Å². The van der Waals surface area contributed by atoms with E-state index in [1.807, 2.05) is 42.6 Å². The molecule has 0 unspecified atom stereocenters. The zero-order valence-corrected chi connectivity index (χ0v) is 17.2. The minimum Gasteiger partial charge on any atom is -0.368 e. The molecule has 0 atom stereocenters. The van der Waals surface area contributed by atoms with Gasteiger partial charge < -0.3 is 10.6 Å². The minimum atomic E-state index is -0.0837. The number of fused-ring (bicyclic) bond motifs is 1. The lowest BCUT2D eigenvalue weighted by molar-refractivity contribution is -0.120. The number of amides is 1. The number of hydrogen-bond acceptors (Lipinski definition) is 7. The maximum Gasteiger partial charge on any atom is 0.254 e.